The lowest BCUT2D eigenvalue weighted by molar-refractivity contribution is 0.768. The molecule has 0 bridgehead atoms. The lowest BCUT2D eigenvalue weighted by Crippen LogP contribution is -1.98. The van der Waals surface area contributed by atoms with Crippen molar-refractivity contribution in [1.29, 1.82) is 0 Å². The van der Waals surface area contributed by atoms with Crippen LogP contribution in [0.3, 0.4) is 0 Å². The third-order valence-electron chi connectivity index (χ3n) is 3.26. The van der Waals surface area contributed by atoms with Crippen LogP contribution in [0, 0.1) is 0 Å². The average Bonchev–Trinajstić information content (AvgIpc) is 3.11. The maximum absolute atomic E-state index is 5.94. The molecule has 0 aliphatic heterocycles. The Morgan fingerprint density at radius 3 is 2.57 bits per heavy atom. The molecule has 0 amide bonds. The molecule has 0 spiro atoms. The smallest absolute Gasteiger partial charge is 0.243 e. The number of aromatic nitrogens is 7. The van der Waals surface area contributed by atoms with Crippen molar-refractivity contribution < 1.29 is 0 Å². The first kappa shape index (κ1) is 14.1. The maximum Gasteiger partial charge on any atom is 0.243 e. The van der Waals surface area contributed by atoms with Crippen LogP contribution < -0.4 is 0 Å². The molecule has 23 heavy (non-hydrogen) atoms. The molecule has 7 nitrogen and oxygen atoms in total. The standard InChI is InChI=1S/C14H9Cl2N7/c1-22-6-8(4-18-22)12-13-20-14(16)21-23(13)7-11(19-12)10-3-2-9(15)5-17-10/h2-7H,1H3. The average molecular weight is 346 g/mol. The summed E-state index contributed by atoms with van der Waals surface area (Å²) in [7, 11) is 1.84. The molecule has 9 heteroatoms. The van der Waals surface area contributed by atoms with Crippen molar-refractivity contribution in [3.05, 3.63) is 47.2 Å². The summed E-state index contributed by atoms with van der Waals surface area (Å²) in [5, 5.41) is 9.05. The number of pyridine rings is 1. The fourth-order valence-corrected chi connectivity index (χ4v) is 2.53. The monoisotopic (exact) mass is 345 g/mol. The molecule has 0 fully saturated rings. The summed E-state index contributed by atoms with van der Waals surface area (Å²) in [6.45, 7) is 0. The summed E-state index contributed by atoms with van der Waals surface area (Å²) in [5.41, 5.74) is 3.31. The van der Waals surface area contributed by atoms with E-state index in [0.29, 0.717) is 27.8 Å². The molecule has 0 aromatic carbocycles. The zero-order chi connectivity index (χ0) is 16.0. The lowest BCUT2D eigenvalue weighted by Gasteiger charge is -2.05. The predicted molar refractivity (Wildman–Crippen MR) is 86.2 cm³/mol. The van der Waals surface area contributed by atoms with Crippen LogP contribution in [-0.2, 0) is 7.05 Å². The number of aryl methyl sites for hydroxylation is 1. The van der Waals surface area contributed by atoms with Gasteiger partial charge in [0.05, 0.1) is 23.1 Å². The second-order valence-electron chi connectivity index (χ2n) is 4.89. The molecular weight excluding hydrogens is 337 g/mol. The van der Waals surface area contributed by atoms with Crippen LogP contribution in [0.25, 0.3) is 28.3 Å². The SMILES string of the molecule is Cn1cc(-c2nc(-c3ccc(Cl)cn3)cn3nc(Cl)nc23)cn1. The predicted octanol–water partition coefficient (Wildman–Crippen LogP) is 2.89. The fourth-order valence-electron chi connectivity index (χ4n) is 2.25. The minimum absolute atomic E-state index is 0.151. The summed E-state index contributed by atoms with van der Waals surface area (Å²) in [6, 6.07) is 3.55. The van der Waals surface area contributed by atoms with E-state index in [9.17, 15) is 0 Å². The van der Waals surface area contributed by atoms with Crippen molar-refractivity contribution in [3.63, 3.8) is 0 Å². The van der Waals surface area contributed by atoms with Crippen molar-refractivity contribution >= 4 is 28.8 Å². The molecular formula is C14H9Cl2N7. The molecule has 0 saturated heterocycles. The lowest BCUT2D eigenvalue weighted by atomic mass is 10.2. The van der Waals surface area contributed by atoms with E-state index in [2.05, 4.69) is 25.1 Å². The van der Waals surface area contributed by atoms with E-state index in [1.54, 1.807) is 39.9 Å². The first-order chi connectivity index (χ1) is 11.1. The first-order valence-electron chi connectivity index (χ1n) is 6.64. The van der Waals surface area contributed by atoms with Gasteiger partial charge in [-0.1, -0.05) is 11.6 Å². The number of nitrogens with zero attached hydrogens (tertiary/aromatic N) is 7. The molecule has 0 saturated carbocycles. The van der Waals surface area contributed by atoms with Crippen molar-refractivity contribution in [3.8, 4) is 22.6 Å². The molecule has 0 atom stereocenters. The Bertz CT molecular complexity index is 1000. The molecule has 0 aliphatic rings. The highest BCUT2D eigenvalue weighted by Crippen LogP contribution is 2.26. The topological polar surface area (TPSA) is 73.8 Å². The summed E-state index contributed by atoms with van der Waals surface area (Å²) >= 11 is 11.8. The van der Waals surface area contributed by atoms with Gasteiger partial charge in [-0.15, -0.1) is 5.10 Å². The highest BCUT2D eigenvalue weighted by Gasteiger charge is 2.15. The van der Waals surface area contributed by atoms with E-state index < -0.39 is 0 Å². The molecule has 4 heterocycles. The molecule has 4 aromatic rings. The Balaban J connectivity index is 1.98. The molecule has 0 aliphatic carbocycles. The van der Waals surface area contributed by atoms with Crippen LogP contribution in [0.15, 0.2) is 36.9 Å². The molecule has 0 unspecified atom stereocenters. The van der Waals surface area contributed by atoms with Gasteiger partial charge in [0.1, 0.15) is 11.4 Å². The molecule has 0 N–H and O–H groups in total. The normalized spacial score (nSPS) is 11.3. The Morgan fingerprint density at radius 1 is 1.00 bits per heavy atom. The van der Waals surface area contributed by atoms with Crippen molar-refractivity contribution in [2.45, 2.75) is 0 Å². The zero-order valence-corrected chi connectivity index (χ0v) is 13.4. The van der Waals surface area contributed by atoms with Gasteiger partial charge in [0.2, 0.25) is 5.28 Å². The van der Waals surface area contributed by atoms with Crippen LogP contribution in [0.4, 0.5) is 0 Å². The van der Waals surface area contributed by atoms with Crippen LogP contribution in [-0.4, -0.2) is 34.3 Å². The molecule has 4 aromatic heterocycles. The largest absolute Gasteiger partial charge is 0.275 e. The zero-order valence-electron chi connectivity index (χ0n) is 11.9. The Labute approximate surface area is 140 Å². The molecule has 4 rings (SSSR count). The van der Waals surface area contributed by atoms with Gasteiger partial charge in [-0.3, -0.25) is 9.67 Å². The summed E-state index contributed by atoms with van der Waals surface area (Å²) in [4.78, 5) is 13.2. The third-order valence-corrected chi connectivity index (χ3v) is 3.65. The number of fused-ring (bicyclic) bond motifs is 1. The highest BCUT2D eigenvalue weighted by atomic mass is 35.5. The Hall–Kier alpha value is -2.51. The first-order valence-corrected chi connectivity index (χ1v) is 7.39. The third kappa shape index (κ3) is 2.54. The van der Waals surface area contributed by atoms with Crippen LogP contribution in [0.1, 0.15) is 0 Å². The van der Waals surface area contributed by atoms with Crippen molar-refractivity contribution in [2.24, 2.45) is 7.05 Å². The van der Waals surface area contributed by atoms with E-state index in [1.807, 2.05) is 13.2 Å². The van der Waals surface area contributed by atoms with Crippen LogP contribution in [0.5, 0.6) is 0 Å². The van der Waals surface area contributed by atoms with Crippen molar-refractivity contribution in [1.82, 2.24) is 34.3 Å². The second kappa shape index (κ2) is 5.29. The van der Waals surface area contributed by atoms with E-state index in [4.69, 9.17) is 23.2 Å². The van der Waals surface area contributed by atoms with Crippen molar-refractivity contribution in [2.75, 3.05) is 0 Å². The fraction of sp³-hybridized carbons (Fsp3) is 0.0714. The van der Waals surface area contributed by atoms with Crippen LogP contribution in [0.2, 0.25) is 10.3 Å². The summed E-state index contributed by atoms with van der Waals surface area (Å²) < 4.78 is 3.28. The van der Waals surface area contributed by atoms with Gasteiger partial charge in [0, 0.05) is 25.0 Å². The van der Waals surface area contributed by atoms with Gasteiger partial charge < -0.3 is 0 Å². The minimum atomic E-state index is 0.151. The number of hydrogen-bond acceptors (Lipinski definition) is 5. The van der Waals surface area contributed by atoms with E-state index in [1.165, 1.54) is 0 Å². The van der Waals surface area contributed by atoms with Gasteiger partial charge in [0.25, 0.3) is 0 Å². The van der Waals surface area contributed by atoms with Gasteiger partial charge in [-0.25, -0.2) is 9.50 Å². The van der Waals surface area contributed by atoms with Gasteiger partial charge in [0.15, 0.2) is 5.65 Å². The molecule has 0 radical (unpaired) electrons. The maximum atomic E-state index is 5.94. The van der Waals surface area contributed by atoms with E-state index in [-0.39, 0.29) is 5.28 Å². The van der Waals surface area contributed by atoms with Gasteiger partial charge in [-0.2, -0.15) is 10.1 Å². The van der Waals surface area contributed by atoms with Crippen LogP contribution >= 0.6 is 23.2 Å². The molecule has 114 valence electrons. The number of rotatable bonds is 2. The summed E-state index contributed by atoms with van der Waals surface area (Å²) in [5.74, 6) is 0. The minimum Gasteiger partial charge on any atom is -0.275 e. The Morgan fingerprint density at radius 2 is 1.87 bits per heavy atom. The van der Waals surface area contributed by atoms with Gasteiger partial charge >= 0.3 is 0 Å². The second-order valence-corrected chi connectivity index (χ2v) is 5.66. The summed E-state index contributed by atoms with van der Waals surface area (Å²) in [6.07, 6.45) is 6.86. The van der Waals surface area contributed by atoms with Gasteiger partial charge in [-0.05, 0) is 23.7 Å². The van der Waals surface area contributed by atoms with E-state index >= 15 is 0 Å². The quantitative estimate of drug-likeness (QED) is 0.558. The number of hydrogen-bond donors (Lipinski definition) is 0. The number of halogens is 2. The highest BCUT2D eigenvalue weighted by molar-refractivity contribution is 6.30. The van der Waals surface area contributed by atoms with E-state index in [0.717, 1.165) is 5.56 Å². The Kier molecular flexibility index (Phi) is 3.24.